The molecule has 6 heteroatoms. The zero-order valence-electron chi connectivity index (χ0n) is 7.79. The van der Waals surface area contributed by atoms with Gasteiger partial charge in [-0.3, -0.25) is 5.53 Å². The van der Waals surface area contributed by atoms with E-state index in [-0.39, 0.29) is 0 Å². The summed E-state index contributed by atoms with van der Waals surface area (Å²) in [6.07, 6.45) is 1.50. The third-order valence-electron chi connectivity index (χ3n) is 1.87. The third kappa shape index (κ3) is 2.00. The van der Waals surface area contributed by atoms with E-state index in [1.807, 2.05) is 30.3 Å². The van der Waals surface area contributed by atoms with Crippen LogP contribution in [-0.4, -0.2) is 14.6 Å². The summed E-state index contributed by atoms with van der Waals surface area (Å²) >= 11 is 5.01. The molecule has 0 spiro atoms. The monoisotopic (exact) mass is 219 g/mol. The molecule has 0 unspecified atom stereocenters. The van der Waals surface area contributed by atoms with E-state index in [0.717, 1.165) is 5.56 Å². The van der Waals surface area contributed by atoms with E-state index in [0.29, 0.717) is 10.6 Å². The van der Waals surface area contributed by atoms with Crippen LogP contribution >= 0.6 is 12.2 Å². The highest BCUT2D eigenvalue weighted by molar-refractivity contribution is 7.71. The van der Waals surface area contributed by atoms with Gasteiger partial charge in [-0.25, -0.2) is 15.5 Å². The molecule has 0 aliphatic rings. The standard InChI is InChI=1S/C9H9N5S/c10-13-14-6-11-8(12-9(14)15)7-4-2-1-3-5-7/h1-6,13H,10H2. The molecule has 0 bridgehead atoms. The van der Waals surface area contributed by atoms with Gasteiger partial charge in [0.2, 0.25) is 4.77 Å². The van der Waals surface area contributed by atoms with Gasteiger partial charge in [0.05, 0.1) is 0 Å². The minimum absolute atomic E-state index is 0.339. The average molecular weight is 219 g/mol. The molecule has 0 amide bonds. The maximum Gasteiger partial charge on any atom is 0.222 e. The minimum atomic E-state index is 0.339. The van der Waals surface area contributed by atoms with Crippen LogP contribution in [0.5, 0.6) is 0 Å². The minimum Gasteiger partial charge on any atom is -0.258 e. The van der Waals surface area contributed by atoms with Gasteiger partial charge in [0.15, 0.2) is 5.82 Å². The Morgan fingerprint density at radius 3 is 2.60 bits per heavy atom. The Labute approximate surface area is 91.5 Å². The van der Waals surface area contributed by atoms with E-state index >= 15 is 0 Å². The number of nitrogens with one attached hydrogen (secondary N) is 1. The van der Waals surface area contributed by atoms with E-state index < -0.39 is 0 Å². The van der Waals surface area contributed by atoms with Gasteiger partial charge in [-0.05, 0) is 12.2 Å². The molecular formula is C9H9N5S. The fourth-order valence-electron chi connectivity index (χ4n) is 1.15. The number of nitrogen functional groups attached to an aromatic ring is 1. The smallest absolute Gasteiger partial charge is 0.222 e. The second kappa shape index (κ2) is 4.16. The van der Waals surface area contributed by atoms with Crippen LogP contribution in [-0.2, 0) is 0 Å². The lowest BCUT2D eigenvalue weighted by molar-refractivity contribution is 0.788. The molecule has 2 aromatic rings. The van der Waals surface area contributed by atoms with E-state index in [2.05, 4.69) is 15.5 Å². The number of aromatic nitrogens is 3. The molecule has 1 heterocycles. The molecule has 5 nitrogen and oxygen atoms in total. The number of hydrazine groups is 1. The van der Waals surface area contributed by atoms with Gasteiger partial charge in [0, 0.05) is 5.56 Å². The normalized spacial score (nSPS) is 9.93. The lowest BCUT2D eigenvalue weighted by atomic mass is 10.2. The summed E-state index contributed by atoms with van der Waals surface area (Å²) in [6, 6.07) is 9.62. The molecule has 0 fully saturated rings. The first-order chi connectivity index (χ1) is 7.31. The fourth-order valence-corrected chi connectivity index (χ4v) is 1.34. The van der Waals surface area contributed by atoms with Gasteiger partial charge in [-0.2, -0.15) is 4.98 Å². The molecule has 2 rings (SSSR count). The molecule has 0 aliphatic heterocycles. The topological polar surface area (TPSA) is 68.8 Å². The molecule has 0 saturated carbocycles. The number of hydrogen-bond donors (Lipinski definition) is 2. The summed E-state index contributed by atoms with van der Waals surface area (Å²) in [5.74, 6) is 5.80. The highest BCUT2D eigenvalue weighted by Crippen LogP contribution is 2.11. The first-order valence-corrected chi connectivity index (χ1v) is 4.70. The van der Waals surface area contributed by atoms with E-state index in [4.69, 9.17) is 18.1 Å². The summed E-state index contributed by atoms with van der Waals surface area (Å²) in [6.45, 7) is 0. The average Bonchev–Trinajstić information content (AvgIpc) is 2.30. The third-order valence-corrected chi connectivity index (χ3v) is 2.16. The molecular weight excluding hydrogens is 210 g/mol. The summed E-state index contributed by atoms with van der Waals surface area (Å²) in [7, 11) is 0. The van der Waals surface area contributed by atoms with Crippen LogP contribution < -0.4 is 11.4 Å². The zero-order chi connectivity index (χ0) is 10.7. The van der Waals surface area contributed by atoms with Gasteiger partial charge < -0.3 is 0 Å². The van der Waals surface area contributed by atoms with Crippen LogP contribution in [0.25, 0.3) is 11.4 Å². The van der Waals surface area contributed by atoms with Gasteiger partial charge in [0.25, 0.3) is 0 Å². The van der Waals surface area contributed by atoms with Gasteiger partial charge in [0.1, 0.15) is 6.33 Å². The Kier molecular flexibility index (Phi) is 2.70. The van der Waals surface area contributed by atoms with Gasteiger partial charge >= 0.3 is 0 Å². The van der Waals surface area contributed by atoms with Crippen molar-refractivity contribution >= 4 is 12.2 Å². The van der Waals surface area contributed by atoms with E-state index in [9.17, 15) is 0 Å². The number of nitrogens with zero attached hydrogens (tertiary/aromatic N) is 3. The first-order valence-electron chi connectivity index (χ1n) is 4.29. The maximum atomic E-state index is 5.21. The molecule has 3 N–H and O–H groups in total. The number of benzene rings is 1. The summed E-state index contributed by atoms with van der Waals surface area (Å²) in [5, 5.41) is 0. The van der Waals surface area contributed by atoms with Crippen molar-refractivity contribution in [3.63, 3.8) is 0 Å². The van der Waals surface area contributed by atoms with Crippen molar-refractivity contribution in [2.24, 2.45) is 5.84 Å². The van der Waals surface area contributed by atoms with Crippen molar-refractivity contribution < 1.29 is 0 Å². The Balaban J connectivity index is 2.48. The van der Waals surface area contributed by atoms with Crippen LogP contribution in [0.4, 0.5) is 0 Å². The molecule has 1 aromatic carbocycles. The fraction of sp³-hybridized carbons (Fsp3) is 0. The van der Waals surface area contributed by atoms with E-state index in [1.54, 1.807) is 0 Å². The molecule has 1 aromatic heterocycles. The maximum absolute atomic E-state index is 5.21. The van der Waals surface area contributed by atoms with Crippen molar-refractivity contribution in [3.05, 3.63) is 41.4 Å². The largest absolute Gasteiger partial charge is 0.258 e. The van der Waals surface area contributed by atoms with Gasteiger partial charge in [-0.15, -0.1) is 0 Å². The van der Waals surface area contributed by atoms with Crippen molar-refractivity contribution in [3.8, 4) is 11.4 Å². The highest BCUT2D eigenvalue weighted by Gasteiger charge is 2.00. The summed E-state index contributed by atoms with van der Waals surface area (Å²) in [5.41, 5.74) is 3.29. The SMILES string of the molecule is NNn1cnc(-c2ccccc2)nc1=S. The van der Waals surface area contributed by atoms with Crippen molar-refractivity contribution in [1.82, 2.24) is 14.6 Å². The predicted octanol–water partition coefficient (Wildman–Crippen LogP) is 1.09. The van der Waals surface area contributed by atoms with Crippen molar-refractivity contribution in [1.29, 1.82) is 0 Å². The Morgan fingerprint density at radius 1 is 1.27 bits per heavy atom. The van der Waals surface area contributed by atoms with Crippen LogP contribution in [0.1, 0.15) is 0 Å². The summed E-state index contributed by atoms with van der Waals surface area (Å²) < 4.78 is 1.70. The van der Waals surface area contributed by atoms with Crippen LogP contribution in [0, 0.1) is 4.77 Å². The van der Waals surface area contributed by atoms with Crippen molar-refractivity contribution in [2.45, 2.75) is 0 Å². The quantitative estimate of drug-likeness (QED) is 0.449. The summed E-state index contributed by atoms with van der Waals surface area (Å²) in [4.78, 5) is 8.26. The second-order valence-electron chi connectivity index (χ2n) is 2.83. The second-order valence-corrected chi connectivity index (χ2v) is 3.19. The number of rotatable bonds is 2. The highest BCUT2D eigenvalue weighted by atomic mass is 32.1. The van der Waals surface area contributed by atoms with Crippen LogP contribution in [0.3, 0.4) is 0 Å². The molecule has 15 heavy (non-hydrogen) atoms. The molecule has 0 saturated heterocycles. The molecule has 0 atom stereocenters. The zero-order valence-corrected chi connectivity index (χ0v) is 8.61. The number of nitrogens with two attached hydrogens (primary N) is 1. The van der Waals surface area contributed by atoms with Crippen molar-refractivity contribution in [2.75, 3.05) is 5.53 Å². The van der Waals surface area contributed by atoms with Crippen LogP contribution in [0.15, 0.2) is 36.7 Å². The van der Waals surface area contributed by atoms with Crippen LogP contribution in [0.2, 0.25) is 0 Å². The lowest BCUT2D eigenvalue weighted by Crippen LogP contribution is -2.23. The Morgan fingerprint density at radius 2 is 2.00 bits per heavy atom. The molecule has 76 valence electrons. The van der Waals surface area contributed by atoms with Gasteiger partial charge in [-0.1, -0.05) is 30.3 Å². The lowest BCUT2D eigenvalue weighted by Gasteiger charge is -2.04. The Bertz CT molecular complexity index is 507. The molecule has 0 radical (unpaired) electrons. The first kappa shape index (κ1) is 9.75. The Hall–Kier alpha value is -1.79. The predicted molar refractivity (Wildman–Crippen MR) is 59.8 cm³/mol. The molecule has 0 aliphatic carbocycles. The number of hydrogen-bond acceptors (Lipinski definition) is 5. The van der Waals surface area contributed by atoms with E-state index in [1.165, 1.54) is 11.0 Å².